The van der Waals surface area contributed by atoms with E-state index >= 15 is 0 Å². The van der Waals surface area contributed by atoms with E-state index in [1.54, 1.807) is 0 Å². The first-order chi connectivity index (χ1) is 9.58. The lowest BCUT2D eigenvalue weighted by Gasteiger charge is -2.32. The van der Waals surface area contributed by atoms with Crippen LogP contribution in [0, 0.1) is 10.1 Å². The zero-order chi connectivity index (χ0) is 14.5. The number of nitrogens with zero attached hydrogens (tertiary/aromatic N) is 4. The van der Waals surface area contributed by atoms with E-state index in [1.807, 2.05) is 0 Å². The van der Waals surface area contributed by atoms with E-state index in [4.69, 9.17) is 5.73 Å². The second kappa shape index (κ2) is 6.85. The van der Waals surface area contributed by atoms with Gasteiger partial charge in [0.05, 0.1) is 4.92 Å². The number of aromatic nitrogens is 2. The highest BCUT2D eigenvalue weighted by Crippen LogP contribution is 2.24. The van der Waals surface area contributed by atoms with Crippen LogP contribution in [-0.2, 0) is 0 Å². The van der Waals surface area contributed by atoms with Gasteiger partial charge in [0.1, 0.15) is 6.20 Å². The third kappa shape index (κ3) is 3.80. The summed E-state index contributed by atoms with van der Waals surface area (Å²) in [5, 5.41) is 11.1. The van der Waals surface area contributed by atoms with Crippen LogP contribution < -0.4 is 5.73 Å². The number of hydrogen-bond donors (Lipinski definition) is 1. The van der Waals surface area contributed by atoms with Gasteiger partial charge in [-0.1, -0.05) is 18.2 Å². The van der Waals surface area contributed by atoms with Gasteiger partial charge in [-0.2, -0.15) is 4.98 Å². The molecule has 2 N–H and O–H groups in total. The summed E-state index contributed by atoms with van der Waals surface area (Å²) in [7, 11) is 2.16. The van der Waals surface area contributed by atoms with E-state index in [0.29, 0.717) is 11.2 Å². The standard InChI is InChI=1S/C12H19N5O2S/c1-16-6-3-2-4-9(16)5-7-20-12-14-8-10(17(18)19)11(13)15-12/h8-9H,2-7H2,1H3,(H2,13,14,15)/t9-/m0/s1. The first-order valence-corrected chi connectivity index (χ1v) is 7.66. The van der Waals surface area contributed by atoms with Gasteiger partial charge >= 0.3 is 5.69 Å². The third-order valence-electron chi connectivity index (χ3n) is 3.58. The van der Waals surface area contributed by atoms with Crippen LogP contribution in [0.2, 0.25) is 0 Å². The Hall–Kier alpha value is -1.41. The fourth-order valence-electron chi connectivity index (χ4n) is 2.38. The van der Waals surface area contributed by atoms with Crippen molar-refractivity contribution in [3.8, 4) is 0 Å². The Morgan fingerprint density at radius 2 is 2.40 bits per heavy atom. The minimum atomic E-state index is -0.569. The zero-order valence-electron chi connectivity index (χ0n) is 11.5. The molecule has 0 saturated carbocycles. The van der Waals surface area contributed by atoms with Crippen molar-refractivity contribution in [2.45, 2.75) is 36.9 Å². The first kappa shape index (κ1) is 15.0. The van der Waals surface area contributed by atoms with Gasteiger partial charge in [-0.15, -0.1) is 0 Å². The fraction of sp³-hybridized carbons (Fsp3) is 0.667. The van der Waals surface area contributed by atoms with Crippen molar-refractivity contribution < 1.29 is 4.92 Å². The average Bonchev–Trinajstić information content (AvgIpc) is 2.40. The Kier molecular flexibility index (Phi) is 5.13. The van der Waals surface area contributed by atoms with Gasteiger partial charge < -0.3 is 10.6 Å². The lowest BCUT2D eigenvalue weighted by molar-refractivity contribution is -0.384. The molecule has 1 atom stereocenters. The molecule has 0 bridgehead atoms. The molecule has 7 nitrogen and oxygen atoms in total. The number of likely N-dealkylation sites (tertiary alicyclic amines) is 1. The molecule has 0 amide bonds. The monoisotopic (exact) mass is 297 g/mol. The van der Waals surface area contributed by atoms with Crippen LogP contribution in [-0.4, -0.2) is 45.2 Å². The molecule has 1 aromatic rings. The molecule has 1 aromatic heterocycles. The number of nitrogen functional groups attached to an aromatic ring is 1. The second-order valence-corrected chi connectivity index (χ2v) is 6.01. The minimum absolute atomic E-state index is 0.0673. The Labute approximate surface area is 122 Å². The maximum absolute atomic E-state index is 10.6. The van der Waals surface area contributed by atoms with Gasteiger partial charge in [0.25, 0.3) is 0 Å². The number of hydrogen-bond acceptors (Lipinski definition) is 7. The predicted octanol–water partition coefficient (Wildman–Crippen LogP) is 1.93. The van der Waals surface area contributed by atoms with Gasteiger partial charge in [0.2, 0.25) is 5.82 Å². The Morgan fingerprint density at radius 1 is 1.60 bits per heavy atom. The van der Waals surface area contributed by atoms with E-state index in [1.165, 1.54) is 37.2 Å². The van der Waals surface area contributed by atoms with Gasteiger partial charge in [0, 0.05) is 11.8 Å². The molecule has 20 heavy (non-hydrogen) atoms. The third-order valence-corrected chi connectivity index (χ3v) is 4.47. The lowest BCUT2D eigenvalue weighted by Crippen LogP contribution is -2.36. The average molecular weight is 297 g/mol. The summed E-state index contributed by atoms with van der Waals surface area (Å²) in [4.78, 5) is 20.4. The van der Waals surface area contributed by atoms with Crippen LogP contribution in [0.1, 0.15) is 25.7 Å². The van der Waals surface area contributed by atoms with Gasteiger partial charge in [-0.3, -0.25) is 10.1 Å². The highest BCUT2D eigenvalue weighted by atomic mass is 32.2. The van der Waals surface area contributed by atoms with E-state index in [9.17, 15) is 10.1 Å². The molecule has 2 heterocycles. The topological polar surface area (TPSA) is 98.2 Å². The van der Waals surface area contributed by atoms with Crippen LogP contribution in [0.5, 0.6) is 0 Å². The summed E-state index contributed by atoms with van der Waals surface area (Å²) in [5.74, 6) is 0.828. The Morgan fingerprint density at radius 3 is 3.05 bits per heavy atom. The number of anilines is 1. The van der Waals surface area contributed by atoms with Crippen molar-refractivity contribution in [3.63, 3.8) is 0 Å². The molecule has 1 saturated heterocycles. The maximum atomic E-state index is 10.6. The molecular weight excluding hydrogens is 278 g/mol. The van der Waals surface area contributed by atoms with Crippen molar-refractivity contribution in [1.82, 2.24) is 14.9 Å². The van der Waals surface area contributed by atoms with Crippen molar-refractivity contribution >= 4 is 23.3 Å². The fourth-order valence-corrected chi connectivity index (χ4v) is 3.24. The summed E-state index contributed by atoms with van der Waals surface area (Å²) in [6.45, 7) is 1.16. The number of nitro groups is 1. The largest absolute Gasteiger partial charge is 0.378 e. The van der Waals surface area contributed by atoms with Gasteiger partial charge in [0.15, 0.2) is 5.16 Å². The minimum Gasteiger partial charge on any atom is -0.378 e. The van der Waals surface area contributed by atoms with Crippen molar-refractivity contribution in [3.05, 3.63) is 16.3 Å². The van der Waals surface area contributed by atoms with Crippen LogP contribution in [0.15, 0.2) is 11.4 Å². The van der Waals surface area contributed by atoms with E-state index in [-0.39, 0.29) is 11.5 Å². The molecule has 2 rings (SSSR count). The van der Waals surface area contributed by atoms with E-state index < -0.39 is 4.92 Å². The molecule has 0 radical (unpaired) electrons. The number of thioether (sulfide) groups is 1. The molecule has 0 unspecified atom stereocenters. The molecule has 0 spiro atoms. The summed E-state index contributed by atoms with van der Waals surface area (Å²) >= 11 is 1.50. The quantitative estimate of drug-likeness (QED) is 0.384. The Bertz CT molecular complexity index is 485. The number of nitrogens with two attached hydrogens (primary N) is 1. The van der Waals surface area contributed by atoms with Crippen LogP contribution in [0.3, 0.4) is 0 Å². The van der Waals surface area contributed by atoms with Crippen molar-refractivity contribution in [1.29, 1.82) is 0 Å². The lowest BCUT2D eigenvalue weighted by atomic mass is 10.0. The van der Waals surface area contributed by atoms with E-state index in [2.05, 4.69) is 21.9 Å². The van der Waals surface area contributed by atoms with Gasteiger partial charge in [-0.25, -0.2) is 4.98 Å². The molecule has 1 aliphatic rings. The van der Waals surface area contributed by atoms with Crippen molar-refractivity contribution in [2.75, 3.05) is 25.1 Å². The molecule has 8 heteroatoms. The summed E-state index contributed by atoms with van der Waals surface area (Å²) < 4.78 is 0. The normalized spacial score (nSPS) is 19.9. The zero-order valence-corrected chi connectivity index (χ0v) is 12.3. The first-order valence-electron chi connectivity index (χ1n) is 6.68. The van der Waals surface area contributed by atoms with Crippen molar-refractivity contribution in [2.24, 2.45) is 0 Å². The molecule has 0 aliphatic carbocycles. The second-order valence-electron chi connectivity index (χ2n) is 4.95. The molecule has 110 valence electrons. The smallest absolute Gasteiger partial charge is 0.329 e. The summed E-state index contributed by atoms with van der Waals surface area (Å²) in [5.41, 5.74) is 5.31. The molecule has 1 aliphatic heterocycles. The Balaban J connectivity index is 1.85. The highest BCUT2D eigenvalue weighted by Gasteiger charge is 2.19. The molecule has 0 aromatic carbocycles. The highest BCUT2D eigenvalue weighted by molar-refractivity contribution is 7.99. The predicted molar refractivity (Wildman–Crippen MR) is 78.7 cm³/mol. The number of rotatable bonds is 5. The van der Waals surface area contributed by atoms with Gasteiger partial charge in [-0.05, 0) is 32.9 Å². The number of piperidine rings is 1. The molecule has 1 fully saturated rings. The molecular formula is C12H19N5O2S. The maximum Gasteiger partial charge on any atom is 0.329 e. The van der Waals surface area contributed by atoms with E-state index in [0.717, 1.165) is 18.7 Å². The SMILES string of the molecule is CN1CCCC[C@H]1CCSc1ncc([N+](=O)[O-])c(N)n1. The van der Waals surface area contributed by atoms with Crippen LogP contribution >= 0.6 is 11.8 Å². The van der Waals surface area contributed by atoms with Crippen LogP contribution in [0.25, 0.3) is 0 Å². The van der Waals surface area contributed by atoms with Crippen LogP contribution in [0.4, 0.5) is 11.5 Å². The summed E-state index contributed by atoms with van der Waals surface area (Å²) in [6.07, 6.45) is 6.06. The summed E-state index contributed by atoms with van der Waals surface area (Å²) in [6, 6.07) is 0.617.